The van der Waals surface area contributed by atoms with E-state index in [1.165, 1.54) is 6.07 Å². The minimum absolute atomic E-state index is 0.144. The molecule has 196 valence electrons. The highest BCUT2D eigenvalue weighted by Gasteiger charge is 2.40. The van der Waals surface area contributed by atoms with Gasteiger partial charge in [-0.1, -0.05) is 6.07 Å². The topological polar surface area (TPSA) is 74.3 Å². The van der Waals surface area contributed by atoms with Crippen molar-refractivity contribution in [3.05, 3.63) is 77.9 Å². The first-order chi connectivity index (χ1) is 18.2. The summed E-state index contributed by atoms with van der Waals surface area (Å²) in [5, 5.41) is 10.3. The Labute approximate surface area is 221 Å². The first-order valence-corrected chi connectivity index (χ1v) is 12.7. The molecular weight excluding hydrogens is 513 g/mol. The molecule has 0 bridgehead atoms. The van der Waals surface area contributed by atoms with Crippen LogP contribution in [-0.4, -0.2) is 58.4 Å². The summed E-state index contributed by atoms with van der Waals surface area (Å²) in [7, 11) is 3.98. The van der Waals surface area contributed by atoms with Crippen LogP contribution < -0.4 is 4.74 Å². The maximum absolute atomic E-state index is 13.1. The van der Waals surface area contributed by atoms with E-state index in [2.05, 4.69) is 9.97 Å². The maximum atomic E-state index is 13.1. The van der Waals surface area contributed by atoms with Gasteiger partial charge >= 0.3 is 6.18 Å². The number of nitrogens with one attached hydrogen (secondary N) is 1. The zero-order chi connectivity index (χ0) is 26.9. The summed E-state index contributed by atoms with van der Waals surface area (Å²) < 4.78 is 45.6. The number of aliphatic hydroxyl groups is 1. The molecule has 0 saturated heterocycles. The minimum Gasteiger partial charge on any atom is -0.492 e. The SMILES string of the molecule is CN(C)CCOc1ccc(-c2nc(-c3ccc4sc(C(O)C(F)(F)F)cc4c3)c(-c3ccncc3)[nH]2)cc1. The van der Waals surface area contributed by atoms with Gasteiger partial charge < -0.3 is 19.7 Å². The molecule has 6 nitrogen and oxygen atoms in total. The first kappa shape index (κ1) is 25.9. The predicted octanol–water partition coefficient (Wildman–Crippen LogP) is 6.56. The maximum Gasteiger partial charge on any atom is 0.419 e. The molecule has 2 aromatic carbocycles. The van der Waals surface area contributed by atoms with E-state index in [-0.39, 0.29) is 4.88 Å². The standard InChI is InChI=1S/C28H25F3N4O2S/c1-35(2)13-14-37-21-6-3-18(4-7-21)27-33-24(17-9-11-32-12-10-17)25(34-27)19-5-8-22-20(15-19)16-23(38-22)26(36)28(29,30)31/h3-12,15-16,26,36H,13-14H2,1-2H3,(H,33,34). The zero-order valence-corrected chi connectivity index (χ0v) is 21.5. The van der Waals surface area contributed by atoms with E-state index in [1.807, 2.05) is 61.5 Å². The Morgan fingerprint density at radius 1 is 0.974 bits per heavy atom. The Morgan fingerprint density at radius 3 is 2.37 bits per heavy atom. The lowest BCUT2D eigenvalue weighted by Gasteiger charge is -2.11. The largest absolute Gasteiger partial charge is 0.492 e. The third-order valence-corrected chi connectivity index (χ3v) is 7.16. The number of rotatable bonds is 8. The summed E-state index contributed by atoms with van der Waals surface area (Å²) in [6.07, 6.45) is -3.86. The summed E-state index contributed by atoms with van der Waals surface area (Å²) in [6.45, 7) is 1.39. The fourth-order valence-electron chi connectivity index (χ4n) is 4.01. The van der Waals surface area contributed by atoms with Crippen molar-refractivity contribution in [1.82, 2.24) is 19.9 Å². The van der Waals surface area contributed by atoms with E-state index in [4.69, 9.17) is 9.72 Å². The van der Waals surface area contributed by atoms with Crippen LogP contribution in [0.4, 0.5) is 13.2 Å². The summed E-state index contributed by atoms with van der Waals surface area (Å²) in [4.78, 5) is 14.3. The van der Waals surface area contributed by atoms with E-state index in [0.717, 1.165) is 46.0 Å². The number of benzene rings is 2. The Hall–Kier alpha value is -3.73. The highest BCUT2D eigenvalue weighted by Crippen LogP contribution is 2.40. The number of hydrogen-bond donors (Lipinski definition) is 2. The average Bonchev–Trinajstić information content (AvgIpc) is 3.53. The second-order valence-electron chi connectivity index (χ2n) is 9.07. The molecule has 0 fully saturated rings. The van der Waals surface area contributed by atoms with Gasteiger partial charge in [-0.15, -0.1) is 11.3 Å². The number of aliphatic hydroxyl groups excluding tert-OH is 1. The molecule has 1 unspecified atom stereocenters. The summed E-state index contributed by atoms with van der Waals surface area (Å²) in [5.41, 5.74) is 3.89. The monoisotopic (exact) mass is 538 g/mol. The van der Waals surface area contributed by atoms with Crippen LogP contribution in [0.5, 0.6) is 5.75 Å². The molecule has 3 heterocycles. The van der Waals surface area contributed by atoms with E-state index in [0.29, 0.717) is 28.2 Å². The Morgan fingerprint density at radius 2 is 1.68 bits per heavy atom. The van der Waals surface area contributed by atoms with Crippen LogP contribution in [0.15, 0.2) is 73.1 Å². The molecule has 38 heavy (non-hydrogen) atoms. The van der Waals surface area contributed by atoms with E-state index in [1.54, 1.807) is 24.5 Å². The van der Waals surface area contributed by atoms with Gasteiger partial charge in [0, 0.05) is 45.2 Å². The molecule has 5 aromatic rings. The fraction of sp³-hybridized carbons (Fsp3) is 0.214. The second kappa shape index (κ2) is 10.6. The number of ether oxygens (including phenoxy) is 1. The molecule has 3 aromatic heterocycles. The molecule has 0 radical (unpaired) electrons. The quantitative estimate of drug-likeness (QED) is 0.234. The molecule has 0 aliphatic carbocycles. The van der Waals surface area contributed by atoms with Gasteiger partial charge in [-0.05, 0) is 74.1 Å². The Bertz CT molecular complexity index is 1530. The molecule has 0 saturated carbocycles. The summed E-state index contributed by atoms with van der Waals surface area (Å²) in [5.74, 6) is 1.40. The van der Waals surface area contributed by atoms with Crippen molar-refractivity contribution in [3.63, 3.8) is 0 Å². The molecule has 5 rings (SSSR count). The fourth-order valence-corrected chi connectivity index (χ4v) is 5.07. The minimum atomic E-state index is -4.72. The number of fused-ring (bicyclic) bond motifs is 1. The van der Waals surface area contributed by atoms with Crippen molar-refractivity contribution >= 4 is 21.4 Å². The summed E-state index contributed by atoms with van der Waals surface area (Å²) in [6, 6.07) is 18.1. The number of nitrogens with zero attached hydrogens (tertiary/aromatic N) is 3. The van der Waals surface area contributed by atoms with Crippen molar-refractivity contribution in [3.8, 4) is 39.7 Å². The van der Waals surface area contributed by atoms with Crippen molar-refractivity contribution in [2.75, 3.05) is 27.2 Å². The number of aromatic amines is 1. The average molecular weight is 539 g/mol. The number of aromatic nitrogens is 3. The lowest BCUT2D eigenvalue weighted by atomic mass is 10.0. The normalized spacial score (nSPS) is 12.8. The number of imidazole rings is 1. The lowest BCUT2D eigenvalue weighted by Crippen LogP contribution is -2.19. The van der Waals surface area contributed by atoms with Crippen LogP contribution in [-0.2, 0) is 0 Å². The molecule has 2 N–H and O–H groups in total. The van der Waals surface area contributed by atoms with Gasteiger partial charge in [0.15, 0.2) is 6.10 Å². The van der Waals surface area contributed by atoms with Gasteiger partial charge in [0.2, 0.25) is 0 Å². The highest BCUT2D eigenvalue weighted by atomic mass is 32.1. The third kappa shape index (κ3) is 5.57. The van der Waals surface area contributed by atoms with Gasteiger partial charge in [0.05, 0.1) is 11.4 Å². The molecule has 0 amide bonds. The van der Waals surface area contributed by atoms with Crippen molar-refractivity contribution in [2.24, 2.45) is 0 Å². The number of thiophene rings is 1. The number of likely N-dealkylation sites (N-methyl/N-ethyl adjacent to an activating group) is 1. The highest BCUT2D eigenvalue weighted by molar-refractivity contribution is 7.19. The number of halogens is 3. The number of pyridine rings is 1. The first-order valence-electron chi connectivity index (χ1n) is 11.9. The Kier molecular flexibility index (Phi) is 7.20. The number of H-pyrrole nitrogens is 1. The van der Waals surface area contributed by atoms with Crippen molar-refractivity contribution < 1.29 is 23.0 Å². The molecule has 0 aliphatic heterocycles. The van der Waals surface area contributed by atoms with Gasteiger partial charge in [-0.2, -0.15) is 13.2 Å². The van der Waals surface area contributed by atoms with Crippen LogP contribution in [0.3, 0.4) is 0 Å². The third-order valence-electron chi connectivity index (χ3n) is 6.00. The smallest absolute Gasteiger partial charge is 0.419 e. The lowest BCUT2D eigenvalue weighted by molar-refractivity contribution is -0.205. The van der Waals surface area contributed by atoms with Crippen molar-refractivity contribution in [2.45, 2.75) is 12.3 Å². The zero-order valence-electron chi connectivity index (χ0n) is 20.7. The van der Waals surface area contributed by atoms with E-state index < -0.39 is 12.3 Å². The van der Waals surface area contributed by atoms with Crippen LogP contribution in [0.1, 0.15) is 11.0 Å². The molecule has 0 aliphatic rings. The van der Waals surface area contributed by atoms with Crippen LogP contribution in [0, 0.1) is 0 Å². The molecule has 10 heteroatoms. The predicted molar refractivity (Wildman–Crippen MR) is 143 cm³/mol. The van der Waals surface area contributed by atoms with Crippen LogP contribution in [0.25, 0.3) is 44.0 Å². The number of alkyl halides is 3. The van der Waals surface area contributed by atoms with Gasteiger partial charge in [-0.25, -0.2) is 4.98 Å². The van der Waals surface area contributed by atoms with Gasteiger partial charge in [-0.3, -0.25) is 4.98 Å². The Balaban J connectivity index is 1.51. The van der Waals surface area contributed by atoms with Crippen LogP contribution in [0.2, 0.25) is 0 Å². The van der Waals surface area contributed by atoms with Gasteiger partial charge in [0.25, 0.3) is 0 Å². The second-order valence-corrected chi connectivity index (χ2v) is 10.2. The summed E-state index contributed by atoms with van der Waals surface area (Å²) >= 11 is 0.926. The van der Waals surface area contributed by atoms with Crippen molar-refractivity contribution in [1.29, 1.82) is 0 Å². The van der Waals surface area contributed by atoms with Crippen LogP contribution >= 0.6 is 11.3 Å². The molecule has 0 spiro atoms. The molecular formula is C28H25F3N4O2S. The number of hydrogen-bond acceptors (Lipinski definition) is 6. The van der Waals surface area contributed by atoms with Gasteiger partial charge in [0.1, 0.15) is 18.2 Å². The molecule has 1 atom stereocenters. The van der Waals surface area contributed by atoms with E-state index >= 15 is 0 Å². The van der Waals surface area contributed by atoms with E-state index in [9.17, 15) is 18.3 Å².